The summed E-state index contributed by atoms with van der Waals surface area (Å²) in [5.74, 6) is -0.0213. The molecule has 8 nitrogen and oxygen atoms in total. The van der Waals surface area contributed by atoms with E-state index in [0.717, 1.165) is 6.54 Å². The predicted octanol–water partition coefficient (Wildman–Crippen LogP) is 3.58. The lowest BCUT2D eigenvalue weighted by Gasteiger charge is -2.28. The van der Waals surface area contributed by atoms with Crippen LogP contribution in [-0.2, 0) is 4.74 Å². The normalized spacial score (nSPS) is 14.8. The van der Waals surface area contributed by atoms with Crippen LogP contribution in [0.15, 0.2) is 51.7 Å². The number of likely N-dealkylation sites (N-methyl/N-ethyl adjacent to an activating group) is 2. The SMILES string of the molecule is CC(Nc1ccc(F)cc1)c1cc(C(=O)N(C)CCN(C)C)cc2c(=O)cc(N3CCOCC3)oc12. The topological polar surface area (TPSA) is 78.3 Å². The molecule has 2 aromatic carbocycles. The molecule has 0 radical (unpaired) electrons. The van der Waals surface area contributed by atoms with Gasteiger partial charge < -0.3 is 29.2 Å². The molecule has 9 heteroatoms. The minimum Gasteiger partial charge on any atom is -0.440 e. The minimum absolute atomic E-state index is 0.175. The maximum atomic E-state index is 13.4. The van der Waals surface area contributed by atoms with Gasteiger partial charge in [-0.05, 0) is 57.4 Å². The molecule has 1 aliphatic rings. The van der Waals surface area contributed by atoms with Gasteiger partial charge in [0, 0.05) is 56.1 Å². The first-order chi connectivity index (χ1) is 17.2. The van der Waals surface area contributed by atoms with Crippen molar-refractivity contribution in [3.05, 3.63) is 69.6 Å². The van der Waals surface area contributed by atoms with E-state index < -0.39 is 0 Å². The molecular weight excluding hydrogens is 463 g/mol. The van der Waals surface area contributed by atoms with Gasteiger partial charge in [-0.1, -0.05) is 0 Å². The van der Waals surface area contributed by atoms with Crippen LogP contribution in [0.25, 0.3) is 11.0 Å². The van der Waals surface area contributed by atoms with Crippen molar-refractivity contribution in [1.82, 2.24) is 9.80 Å². The fourth-order valence-corrected chi connectivity index (χ4v) is 4.20. The zero-order valence-electron chi connectivity index (χ0n) is 21.2. The van der Waals surface area contributed by atoms with E-state index >= 15 is 0 Å². The zero-order valence-corrected chi connectivity index (χ0v) is 21.2. The quantitative estimate of drug-likeness (QED) is 0.511. The number of morpholine rings is 1. The third-order valence-corrected chi connectivity index (χ3v) is 6.34. The van der Waals surface area contributed by atoms with Gasteiger partial charge in [0.1, 0.15) is 11.4 Å². The maximum absolute atomic E-state index is 13.4. The number of anilines is 2. The van der Waals surface area contributed by atoms with Gasteiger partial charge in [-0.2, -0.15) is 0 Å². The Morgan fingerprint density at radius 1 is 1.08 bits per heavy atom. The first-order valence-electron chi connectivity index (χ1n) is 12.1. The maximum Gasteiger partial charge on any atom is 0.253 e. The number of halogens is 1. The van der Waals surface area contributed by atoms with Crippen molar-refractivity contribution in [2.75, 3.05) is 70.8 Å². The van der Waals surface area contributed by atoms with E-state index in [9.17, 15) is 14.0 Å². The van der Waals surface area contributed by atoms with Gasteiger partial charge in [-0.25, -0.2) is 4.39 Å². The third-order valence-electron chi connectivity index (χ3n) is 6.34. The Hall–Kier alpha value is -3.43. The van der Waals surface area contributed by atoms with E-state index in [1.165, 1.54) is 18.2 Å². The van der Waals surface area contributed by atoms with E-state index in [1.807, 2.05) is 30.8 Å². The van der Waals surface area contributed by atoms with Gasteiger partial charge in [0.2, 0.25) is 0 Å². The lowest BCUT2D eigenvalue weighted by atomic mass is 9.99. The van der Waals surface area contributed by atoms with Crippen LogP contribution in [0.2, 0.25) is 0 Å². The van der Waals surface area contributed by atoms with Gasteiger partial charge >= 0.3 is 0 Å². The minimum atomic E-state index is -0.333. The van der Waals surface area contributed by atoms with E-state index in [4.69, 9.17) is 9.15 Å². The number of hydrogen-bond donors (Lipinski definition) is 1. The Kier molecular flexibility index (Phi) is 7.91. The van der Waals surface area contributed by atoms with Crippen LogP contribution < -0.4 is 15.6 Å². The lowest BCUT2D eigenvalue weighted by Crippen LogP contribution is -2.36. The number of fused-ring (bicyclic) bond motifs is 1. The number of carbonyl (C=O) groups is 1. The van der Waals surface area contributed by atoms with Crippen LogP contribution >= 0.6 is 0 Å². The molecule has 0 bridgehead atoms. The van der Waals surface area contributed by atoms with Crippen molar-refractivity contribution in [3.63, 3.8) is 0 Å². The van der Waals surface area contributed by atoms with Crippen LogP contribution in [0.4, 0.5) is 16.0 Å². The Balaban J connectivity index is 1.78. The van der Waals surface area contributed by atoms with Crippen molar-refractivity contribution in [1.29, 1.82) is 0 Å². The fourth-order valence-electron chi connectivity index (χ4n) is 4.20. The second-order valence-corrected chi connectivity index (χ2v) is 9.39. The summed E-state index contributed by atoms with van der Waals surface area (Å²) in [6.07, 6.45) is 0. The summed E-state index contributed by atoms with van der Waals surface area (Å²) in [6, 6.07) is 10.6. The average Bonchev–Trinajstić information content (AvgIpc) is 2.88. The van der Waals surface area contributed by atoms with E-state index in [0.29, 0.717) is 66.5 Å². The largest absolute Gasteiger partial charge is 0.440 e. The molecule has 1 amide bonds. The molecule has 2 heterocycles. The van der Waals surface area contributed by atoms with Crippen LogP contribution in [0.5, 0.6) is 0 Å². The lowest BCUT2D eigenvalue weighted by molar-refractivity contribution is 0.0786. The van der Waals surface area contributed by atoms with Gasteiger partial charge in [0.15, 0.2) is 11.3 Å². The second-order valence-electron chi connectivity index (χ2n) is 9.39. The van der Waals surface area contributed by atoms with E-state index in [1.54, 1.807) is 36.2 Å². The highest BCUT2D eigenvalue weighted by Crippen LogP contribution is 2.30. The van der Waals surface area contributed by atoms with Crippen molar-refractivity contribution in [2.24, 2.45) is 0 Å². The Morgan fingerprint density at radius 3 is 2.44 bits per heavy atom. The van der Waals surface area contributed by atoms with Crippen LogP contribution in [0.3, 0.4) is 0 Å². The van der Waals surface area contributed by atoms with Gasteiger partial charge in [0.05, 0.1) is 24.6 Å². The summed E-state index contributed by atoms with van der Waals surface area (Å²) in [5, 5.41) is 3.69. The molecule has 4 rings (SSSR count). The molecule has 1 aromatic heterocycles. The molecule has 0 aliphatic carbocycles. The molecule has 1 N–H and O–H groups in total. The predicted molar refractivity (Wildman–Crippen MR) is 139 cm³/mol. The van der Waals surface area contributed by atoms with Gasteiger partial charge in [-0.15, -0.1) is 0 Å². The second kappa shape index (κ2) is 11.1. The highest BCUT2D eigenvalue weighted by atomic mass is 19.1. The van der Waals surface area contributed by atoms with E-state index in [-0.39, 0.29) is 23.2 Å². The summed E-state index contributed by atoms with van der Waals surface area (Å²) in [4.78, 5) is 32.2. The summed E-state index contributed by atoms with van der Waals surface area (Å²) < 4.78 is 25.2. The number of nitrogens with zero attached hydrogens (tertiary/aromatic N) is 3. The molecule has 1 aliphatic heterocycles. The fraction of sp³-hybridized carbons (Fsp3) is 0.407. The van der Waals surface area contributed by atoms with Crippen molar-refractivity contribution in [3.8, 4) is 0 Å². The number of ether oxygens (including phenoxy) is 1. The average molecular weight is 497 g/mol. The zero-order chi connectivity index (χ0) is 25.8. The van der Waals surface area contributed by atoms with Gasteiger partial charge in [-0.3, -0.25) is 9.59 Å². The highest BCUT2D eigenvalue weighted by molar-refractivity contribution is 5.98. The number of nitrogens with one attached hydrogen (secondary N) is 1. The third kappa shape index (κ3) is 5.85. The molecule has 1 atom stereocenters. The first kappa shape index (κ1) is 25.7. The Bertz CT molecular complexity index is 1270. The highest BCUT2D eigenvalue weighted by Gasteiger charge is 2.22. The van der Waals surface area contributed by atoms with Crippen LogP contribution in [0, 0.1) is 5.82 Å². The number of rotatable bonds is 8. The molecule has 0 saturated carbocycles. The summed E-state index contributed by atoms with van der Waals surface area (Å²) in [7, 11) is 5.65. The molecule has 1 unspecified atom stereocenters. The molecule has 1 saturated heterocycles. The number of hydrogen-bond acceptors (Lipinski definition) is 7. The standard InChI is InChI=1S/C27H33FN4O4/c1-18(29-21-7-5-20(28)6-8-21)22-15-19(27(34)31(4)10-9-30(2)3)16-23-24(33)17-25(36-26(22)23)32-11-13-35-14-12-32/h5-8,15-18,29H,9-14H2,1-4H3. The van der Waals surface area contributed by atoms with Crippen LogP contribution in [0.1, 0.15) is 28.9 Å². The number of amides is 1. The van der Waals surface area contributed by atoms with Crippen molar-refractivity contribution >= 4 is 28.4 Å². The number of carbonyl (C=O) groups excluding carboxylic acids is 1. The molecule has 0 spiro atoms. The molecule has 36 heavy (non-hydrogen) atoms. The van der Waals surface area contributed by atoms with Crippen molar-refractivity contribution in [2.45, 2.75) is 13.0 Å². The smallest absolute Gasteiger partial charge is 0.253 e. The molecular formula is C27H33FN4O4. The Labute approximate surface area is 210 Å². The van der Waals surface area contributed by atoms with Crippen molar-refractivity contribution < 1.29 is 18.3 Å². The van der Waals surface area contributed by atoms with Crippen LogP contribution in [-0.4, -0.2) is 76.2 Å². The Morgan fingerprint density at radius 2 is 1.78 bits per heavy atom. The first-order valence-corrected chi connectivity index (χ1v) is 12.1. The van der Waals surface area contributed by atoms with E-state index in [2.05, 4.69) is 5.32 Å². The number of benzene rings is 2. The van der Waals surface area contributed by atoms with Gasteiger partial charge in [0.25, 0.3) is 5.91 Å². The monoisotopic (exact) mass is 496 g/mol. The molecule has 1 fully saturated rings. The molecule has 192 valence electrons. The summed E-state index contributed by atoms with van der Waals surface area (Å²) in [5.41, 5.74) is 2.02. The summed E-state index contributed by atoms with van der Waals surface area (Å²) >= 11 is 0. The molecule has 3 aromatic rings. The summed E-state index contributed by atoms with van der Waals surface area (Å²) in [6.45, 7) is 5.56.